The van der Waals surface area contributed by atoms with Crippen molar-refractivity contribution in [2.24, 2.45) is 0 Å². The number of allylic oxidation sites excluding steroid dienone is 1. The molecule has 1 N–H and O–H groups in total. The molecule has 3 nitrogen and oxygen atoms in total. The average Bonchev–Trinajstić information content (AvgIpc) is 2.25. The summed E-state index contributed by atoms with van der Waals surface area (Å²) >= 11 is 0. The summed E-state index contributed by atoms with van der Waals surface area (Å²) in [5.74, 6) is 1.70. The fourth-order valence-corrected chi connectivity index (χ4v) is 2.69. The van der Waals surface area contributed by atoms with E-state index in [0.29, 0.717) is 11.0 Å². The van der Waals surface area contributed by atoms with Crippen molar-refractivity contribution in [2.75, 3.05) is 27.7 Å². The summed E-state index contributed by atoms with van der Waals surface area (Å²) in [5.41, 5.74) is -0.0419. The van der Waals surface area contributed by atoms with Gasteiger partial charge in [-0.1, -0.05) is 38.7 Å². The highest BCUT2D eigenvalue weighted by atomic mass is 31.1. The molecule has 0 heterocycles. The predicted octanol–water partition coefficient (Wildman–Crippen LogP) is 3.48. The monoisotopic (exact) mass is 274 g/mol. The third kappa shape index (κ3) is 10.9. The van der Waals surface area contributed by atoms with Gasteiger partial charge in [0.2, 0.25) is 5.52 Å². The first-order valence-corrected chi connectivity index (χ1v) is 8.21. The third-order valence-corrected chi connectivity index (χ3v) is 3.73. The van der Waals surface area contributed by atoms with Crippen molar-refractivity contribution in [2.45, 2.75) is 45.4 Å². The summed E-state index contributed by atoms with van der Waals surface area (Å²) in [6, 6.07) is 0. The summed E-state index contributed by atoms with van der Waals surface area (Å²) in [5, 5.41) is 0. The van der Waals surface area contributed by atoms with Crippen molar-refractivity contribution in [1.29, 1.82) is 0 Å². The Labute approximate surface area is 113 Å². The van der Waals surface area contributed by atoms with Gasteiger partial charge in [0.1, 0.15) is 14.7 Å². The first kappa shape index (κ1) is 17.8. The molecule has 0 rings (SSSR count). The van der Waals surface area contributed by atoms with Gasteiger partial charge in [-0.05, 0) is 18.7 Å². The zero-order valence-electron chi connectivity index (χ0n) is 12.4. The largest absolute Gasteiger partial charge is 0.362 e. The van der Waals surface area contributed by atoms with Crippen molar-refractivity contribution in [3.05, 3.63) is 11.9 Å². The van der Waals surface area contributed by atoms with Crippen molar-refractivity contribution < 1.29 is 14.2 Å². The number of hydrogen-bond donors (Lipinski definition) is 1. The van der Waals surface area contributed by atoms with Crippen LogP contribution in [0.3, 0.4) is 0 Å². The van der Waals surface area contributed by atoms with E-state index in [-0.39, 0.29) is 5.52 Å². The smallest absolute Gasteiger partial charge is 0.238 e. The Morgan fingerprint density at radius 2 is 1.78 bits per heavy atom. The molecule has 0 spiro atoms. The summed E-state index contributed by atoms with van der Waals surface area (Å²) in [6.45, 7) is 2.60. The summed E-state index contributed by atoms with van der Waals surface area (Å²) in [7, 11) is 4.30. The summed E-state index contributed by atoms with van der Waals surface area (Å²) < 4.78 is 0.573. The van der Waals surface area contributed by atoms with Crippen LogP contribution < -0.4 is 0 Å². The molecule has 0 aromatic heterocycles. The maximum atomic E-state index is 11.7. The Bertz CT molecular complexity index is 259. The lowest BCUT2D eigenvalue weighted by atomic mass is 10.1. The lowest BCUT2D eigenvalue weighted by Crippen LogP contribution is -2.38. The fraction of sp³-hybridized carbons (Fsp3) is 0.786. The molecule has 106 valence electrons. The van der Waals surface area contributed by atoms with Crippen LogP contribution in [0.25, 0.3) is 0 Å². The number of nitrogens with zero attached hydrogens (tertiary/aromatic N) is 1. The molecule has 18 heavy (non-hydrogen) atoms. The van der Waals surface area contributed by atoms with Gasteiger partial charge in [-0.2, -0.15) is 0 Å². The minimum atomic E-state index is -1.57. The van der Waals surface area contributed by atoms with Gasteiger partial charge in [-0.3, -0.25) is 4.79 Å². The topological polar surface area (TPSA) is 37.3 Å². The molecular formula is C14H29NO2P+. The highest BCUT2D eigenvalue weighted by molar-refractivity contribution is 7.72. The first-order chi connectivity index (χ1) is 8.37. The molecule has 0 aliphatic heterocycles. The maximum absolute atomic E-state index is 11.7. The summed E-state index contributed by atoms with van der Waals surface area (Å²) in [6.07, 6.45) is 9.19. The van der Waals surface area contributed by atoms with E-state index in [1.165, 1.54) is 25.7 Å². The number of unbranched alkanes of at least 4 members (excludes halogenated alkanes) is 5. The van der Waals surface area contributed by atoms with E-state index < -0.39 is 8.15 Å². The predicted molar refractivity (Wildman–Crippen MR) is 79.6 cm³/mol. The van der Waals surface area contributed by atoms with Gasteiger partial charge in [0.25, 0.3) is 0 Å². The van der Waals surface area contributed by atoms with E-state index in [9.17, 15) is 9.69 Å². The zero-order valence-corrected chi connectivity index (χ0v) is 13.2. The third-order valence-electron chi connectivity index (χ3n) is 2.59. The van der Waals surface area contributed by atoms with Crippen LogP contribution in [0, 0.1) is 0 Å². The quantitative estimate of drug-likeness (QED) is 0.376. The molecule has 0 saturated heterocycles. The van der Waals surface area contributed by atoms with Gasteiger partial charge in [0.05, 0.1) is 21.1 Å². The normalized spacial score (nSPS) is 14.1. The van der Waals surface area contributed by atoms with Crippen LogP contribution >= 0.6 is 8.15 Å². The Balaban J connectivity index is 3.73. The van der Waals surface area contributed by atoms with E-state index in [0.717, 1.165) is 12.8 Å². The highest BCUT2D eigenvalue weighted by Gasteiger charge is 2.20. The van der Waals surface area contributed by atoms with Crippen LogP contribution in [0.15, 0.2) is 11.9 Å². The van der Waals surface area contributed by atoms with E-state index >= 15 is 0 Å². The minimum absolute atomic E-state index is 0.0419. The lowest BCUT2D eigenvalue weighted by Gasteiger charge is -2.23. The van der Waals surface area contributed by atoms with Gasteiger partial charge >= 0.3 is 0 Å². The molecule has 0 fully saturated rings. The molecule has 0 amide bonds. The van der Waals surface area contributed by atoms with Crippen molar-refractivity contribution in [3.8, 4) is 0 Å². The number of rotatable bonds is 10. The maximum Gasteiger partial charge on any atom is 0.238 e. The Morgan fingerprint density at radius 1 is 1.17 bits per heavy atom. The van der Waals surface area contributed by atoms with Gasteiger partial charge in [0, 0.05) is 0 Å². The molecule has 0 aromatic carbocycles. The minimum Gasteiger partial charge on any atom is -0.362 e. The number of quaternary nitrogens is 1. The molecule has 4 heteroatoms. The molecule has 0 bridgehead atoms. The van der Waals surface area contributed by atoms with Gasteiger partial charge < -0.3 is 9.38 Å². The number of hydrogen-bond acceptors (Lipinski definition) is 2. The number of likely N-dealkylation sites (N-methyl/N-ethyl adjacent to an activating group) is 1. The number of carbonyl (C=O) groups excluding carboxylic acids is 1. The van der Waals surface area contributed by atoms with Crippen LogP contribution in [0.2, 0.25) is 0 Å². The average molecular weight is 274 g/mol. The molecule has 0 saturated carbocycles. The van der Waals surface area contributed by atoms with E-state index in [4.69, 9.17) is 0 Å². The van der Waals surface area contributed by atoms with E-state index in [2.05, 4.69) is 6.92 Å². The van der Waals surface area contributed by atoms with Crippen LogP contribution in [0.5, 0.6) is 0 Å². The molecule has 1 unspecified atom stereocenters. The summed E-state index contributed by atoms with van der Waals surface area (Å²) in [4.78, 5) is 21.4. The Hall–Kier alpha value is -0.240. The second-order valence-corrected chi connectivity index (χ2v) is 7.26. The van der Waals surface area contributed by atoms with E-state index in [1.807, 2.05) is 27.2 Å². The zero-order chi connectivity index (χ0) is 14.0. The van der Waals surface area contributed by atoms with Crippen LogP contribution in [0.1, 0.15) is 45.4 Å². The molecule has 0 aliphatic carbocycles. The van der Waals surface area contributed by atoms with Crippen LogP contribution in [0.4, 0.5) is 0 Å². The van der Waals surface area contributed by atoms with Gasteiger partial charge in [0.15, 0.2) is 0 Å². The van der Waals surface area contributed by atoms with Crippen molar-refractivity contribution in [3.63, 3.8) is 0 Å². The molecule has 1 atom stereocenters. The first-order valence-electron chi connectivity index (χ1n) is 6.85. The van der Waals surface area contributed by atoms with Crippen LogP contribution in [-0.2, 0) is 4.79 Å². The SMILES string of the molecule is CCCCCCCC=CP(O)C(=O)C[N+](C)(C)C. The fourth-order valence-electron chi connectivity index (χ4n) is 1.60. The molecule has 0 aromatic rings. The lowest BCUT2D eigenvalue weighted by molar-refractivity contribution is -0.861. The second kappa shape index (κ2) is 9.66. The Kier molecular flexibility index (Phi) is 9.53. The van der Waals surface area contributed by atoms with Crippen molar-refractivity contribution in [1.82, 2.24) is 0 Å². The molecule has 0 radical (unpaired) electrons. The van der Waals surface area contributed by atoms with Gasteiger partial charge in [-0.25, -0.2) is 0 Å². The number of carbonyl (C=O) groups is 1. The highest BCUT2D eigenvalue weighted by Crippen LogP contribution is 2.33. The van der Waals surface area contributed by atoms with Crippen LogP contribution in [-0.4, -0.2) is 42.6 Å². The van der Waals surface area contributed by atoms with Crippen molar-refractivity contribution >= 4 is 13.7 Å². The standard InChI is InChI=1S/C14H29NO2P/c1-5-6-7-8-9-10-11-12-18(17)14(16)13-15(2,3)4/h11-12,17H,5-10,13H2,1-4H3/q+1. The Morgan fingerprint density at radius 3 is 2.33 bits per heavy atom. The second-order valence-electron chi connectivity index (χ2n) is 5.77. The molecule has 0 aliphatic rings. The van der Waals surface area contributed by atoms with E-state index in [1.54, 1.807) is 5.82 Å². The van der Waals surface area contributed by atoms with Gasteiger partial charge in [-0.15, -0.1) is 0 Å². The molecular weight excluding hydrogens is 245 g/mol.